The van der Waals surface area contributed by atoms with Crippen molar-refractivity contribution in [3.05, 3.63) is 46.5 Å². The van der Waals surface area contributed by atoms with Crippen molar-refractivity contribution in [3.63, 3.8) is 0 Å². The van der Waals surface area contributed by atoms with E-state index in [0.717, 1.165) is 11.3 Å². The Kier molecular flexibility index (Phi) is 5.28. The van der Waals surface area contributed by atoms with Gasteiger partial charge in [-0.1, -0.05) is 12.1 Å². The van der Waals surface area contributed by atoms with Crippen molar-refractivity contribution in [2.75, 3.05) is 38.3 Å². The van der Waals surface area contributed by atoms with Crippen LogP contribution in [0.15, 0.2) is 40.4 Å². The summed E-state index contributed by atoms with van der Waals surface area (Å²) in [6.07, 6.45) is 1.61. The molecule has 1 aliphatic rings. The van der Waals surface area contributed by atoms with Crippen LogP contribution in [-0.2, 0) is 13.1 Å². The van der Waals surface area contributed by atoms with Crippen LogP contribution >= 0.6 is 0 Å². The second kappa shape index (κ2) is 8.02. The lowest BCUT2D eigenvalue weighted by Crippen LogP contribution is -2.31. The number of hydrogen-bond acceptors (Lipinski definition) is 7. The largest absolute Gasteiger partial charge is 0.497 e. The summed E-state index contributed by atoms with van der Waals surface area (Å²) in [7, 11) is 1.62. The summed E-state index contributed by atoms with van der Waals surface area (Å²) in [6.45, 7) is 1.02. The van der Waals surface area contributed by atoms with E-state index in [0.29, 0.717) is 24.0 Å². The molecule has 3 heterocycles. The number of ether oxygens (including phenoxy) is 1. The third-order valence-electron chi connectivity index (χ3n) is 4.79. The van der Waals surface area contributed by atoms with Crippen molar-refractivity contribution in [2.24, 2.45) is 4.99 Å². The molecule has 2 N–H and O–H groups in total. The van der Waals surface area contributed by atoms with E-state index in [1.54, 1.807) is 18.3 Å². The highest BCUT2D eigenvalue weighted by atomic mass is 16.5. The number of aliphatic imine (C=N–C) groups is 1. The van der Waals surface area contributed by atoms with Crippen molar-refractivity contribution < 1.29 is 14.9 Å². The molecular weight excluding hydrogens is 376 g/mol. The van der Waals surface area contributed by atoms with E-state index in [1.807, 2.05) is 28.8 Å². The number of imidazole rings is 1. The molecule has 29 heavy (non-hydrogen) atoms. The van der Waals surface area contributed by atoms with Gasteiger partial charge in [-0.3, -0.25) is 19.3 Å². The topological polar surface area (TPSA) is 118 Å². The van der Waals surface area contributed by atoms with E-state index < -0.39 is 0 Å². The van der Waals surface area contributed by atoms with Crippen molar-refractivity contribution >= 4 is 22.9 Å². The molecule has 0 atom stereocenters. The number of β-amino-alcohol motifs (C(OH)–C–C–N with tert-alkyl or cyclic N) is 1. The minimum atomic E-state index is -0.254. The number of anilines is 1. The van der Waals surface area contributed by atoms with Crippen molar-refractivity contribution in [3.8, 4) is 5.75 Å². The zero-order valence-corrected chi connectivity index (χ0v) is 16.0. The van der Waals surface area contributed by atoms with Crippen molar-refractivity contribution in [2.45, 2.75) is 13.1 Å². The Bertz CT molecular complexity index is 1100. The van der Waals surface area contributed by atoms with Crippen LogP contribution in [0.2, 0.25) is 0 Å². The molecule has 0 amide bonds. The number of aliphatic hydroxyl groups is 2. The third kappa shape index (κ3) is 3.47. The van der Waals surface area contributed by atoms with Crippen LogP contribution in [0.5, 0.6) is 5.75 Å². The van der Waals surface area contributed by atoms with Crippen LogP contribution in [0.3, 0.4) is 0 Å². The fraction of sp³-hybridized carbons (Fsp3) is 0.368. The molecule has 10 nitrogen and oxygen atoms in total. The van der Waals surface area contributed by atoms with Gasteiger partial charge >= 0.3 is 0 Å². The molecule has 1 aliphatic heterocycles. The van der Waals surface area contributed by atoms with Crippen molar-refractivity contribution in [1.82, 2.24) is 19.1 Å². The zero-order valence-electron chi connectivity index (χ0n) is 16.0. The lowest BCUT2D eigenvalue weighted by Gasteiger charge is -2.16. The van der Waals surface area contributed by atoms with Gasteiger partial charge in [-0.25, -0.2) is 4.98 Å². The number of aliphatic hydroxyl groups excluding tert-OH is 2. The average Bonchev–Trinajstić information content (AvgIpc) is 3.30. The van der Waals surface area contributed by atoms with Crippen LogP contribution in [0.25, 0.3) is 11.2 Å². The van der Waals surface area contributed by atoms with Gasteiger partial charge in [0.05, 0.1) is 52.8 Å². The molecule has 10 heteroatoms. The Labute approximate surface area is 166 Å². The minimum Gasteiger partial charge on any atom is -0.497 e. The Morgan fingerprint density at radius 2 is 2.00 bits per heavy atom. The highest BCUT2D eigenvalue weighted by molar-refractivity contribution is 6.00. The molecule has 0 fully saturated rings. The summed E-state index contributed by atoms with van der Waals surface area (Å²) in [4.78, 5) is 28.0. The van der Waals surface area contributed by atoms with Gasteiger partial charge in [-0.15, -0.1) is 0 Å². The van der Waals surface area contributed by atoms with Crippen LogP contribution in [0.1, 0.15) is 5.56 Å². The predicted octanol–water partition coefficient (Wildman–Crippen LogP) is -0.147. The number of fused-ring (bicyclic) bond motifs is 2. The van der Waals surface area contributed by atoms with Gasteiger partial charge in [0, 0.05) is 0 Å². The van der Waals surface area contributed by atoms with E-state index in [9.17, 15) is 9.90 Å². The SMILES string of the molecule is COc1ccc(Cn2cnc3c(=O)n4c(nc32)N(CCO)C(=NCCO)C4)cc1. The van der Waals surface area contributed by atoms with Gasteiger partial charge in [0.15, 0.2) is 11.2 Å². The third-order valence-corrected chi connectivity index (χ3v) is 4.79. The Morgan fingerprint density at radius 3 is 2.69 bits per heavy atom. The van der Waals surface area contributed by atoms with Crippen LogP contribution in [0, 0.1) is 0 Å². The van der Waals surface area contributed by atoms with Gasteiger partial charge in [0.1, 0.15) is 11.6 Å². The Morgan fingerprint density at radius 1 is 1.21 bits per heavy atom. The maximum Gasteiger partial charge on any atom is 0.283 e. The highest BCUT2D eigenvalue weighted by Crippen LogP contribution is 2.22. The Hall–Kier alpha value is -3.24. The van der Waals surface area contributed by atoms with E-state index in [-0.39, 0.29) is 43.9 Å². The molecule has 152 valence electrons. The van der Waals surface area contributed by atoms with Crippen molar-refractivity contribution in [1.29, 1.82) is 0 Å². The minimum absolute atomic E-state index is 0.0917. The summed E-state index contributed by atoms with van der Waals surface area (Å²) < 4.78 is 8.50. The normalized spacial score (nSPS) is 14.7. The molecule has 3 aromatic rings. The van der Waals surface area contributed by atoms with E-state index in [2.05, 4.69) is 15.0 Å². The number of hydrogen-bond donors (Lipinski definition) is 2. The van der Waals surface area contributed by atoms with E-state index in [4.69, 9.17) is 9.84 Å². The molecule has 0 bridgehead atoms. The second-order valence-corrected chi connectivity index (χ2v) is 6.59. The van der Waals surface area contributed by atoms with Gasteiger partial charge in [0.25, 0.3) is 5.56 Å². The predicted molar refractivity (Wildman–Crippen MR) is 108 cm³/mol. The number of aromatic nitrogens is 4. The summed E-state index contributed by atoms with van der Waals surface area (Å²) >= 11 is 0. The molecule has 0 radical (unpaired) electrons. The number of benzene rings is 1. The number of nitrogens with zero attached hydrogens (tertiary/aromatic N) is 6. The maximum absolute atomic E-state index is 13.0. The fourth-order valence-electron chi connectivity index (χ4n) is 3.40. The van der Waals surface area contributed by atoms with Gasteiger partial charge in [-0.2, -0.15) is 4.98 Å². The molecule has 1 aromatic carbocycles. The highest BCUT2D eigenvalue weighted by Gasteiger charge is 2.29. The zero-order chi connectivity index (χ0) is 20.4. The van der Waals surface area contributed by atoms with Crippen LogP contribution in [-0.4, -0.2) is 68.6 Å². The number of amidine groups is 1. The maximum atomic E-state index is 13.0. The smallest absolute Gasteiger partial charge is 0.283 e. The molecule has 2 aromatic heterocycles. The second-order valence-electron chi connectivity index (χ2n) is 6.59. The Balaban J connectivity index is 1.75. The monoisotopic (exact) mass is 398 g/mol. The van der Waals surface area contributed by atoms with Crippen LogP contribution in [0.4, 0.5) is 5.95 Å². The lowest BCUT2D eigenvalue weighted by atomic mass is 10.2. The summed E-state index contributed by atoms with van der Waals surface area (Å²) in [6, 6.07) is 7.65. The molecule has 0 aliphatic carbocycles. The first kappa shape index (κ1) is 19.1. The van der Waals surface area contributed by atoms with E-state index in [1.165, 1.54) is 4.57 Å². The first-order chi connectivity index (χ1) is 14.2. The summed E-state index contributed by atoms with van der Waals surface area (Å²) in [5, 5.41) is 18.5. The summed E-state index contributed by atoms with van der Waals surface area (Å²) in [5.41, 5.74) is 1.53. The van der Waals surface area contributed by atoms with Gasteiger partial charge in [-0.05, 0) is 17.7 Å². The van der Waals surface area contributed by atoms with Gasteiger partial charge < -0.3 is 19.5 Å². The molecular formula is C19H22N6O4. The lowest BCUT2D eigenvalue weighted by molar-refractivity contribution is 0.304. The van der Waals surface area contributed by atoms with Crippen LogP contribution < -0.4 is 15.2 Å². The fourth-order valence-corrected chi connectivity index (χ4v) is 3.40. The summed E-state index contributed by atoms with van der Waals surface area (Å²) in [5.74, 6) is 1.78. The standard InChI is InChI=1S/C19H22N6O4/c1-29-14-4-2-13(3-5-14)10-23-12-21-16-17(23)22-19-24(7-9-27)15(20-6-8-26)11-25(19)18(16)28/h2-5,12,26-27H,6-11H2,1H3. The average molecular weight is 398 g/mol. The number of methoxy groups -OCH3 is 1. The molecule has 0 saturated carbocycles. The molecule has 4 rings (SSSR count). The first-order valence-electron chi connectivity index (χ1n) is 9.27. The molecule has 0 saturated heterocycles. The molecule has 0 spiro atoms. The van der Waals surface area contributed by atoms with E-state index >= 15 is 0 Å². The first-order valence-corrected chi connectivity index (χ1v) is 9.27. The van der Waals surface area contributed by atoms with Gasteiger partial charge in [0.2, 0.25) is 5.95 Å². The molecule has 0 unspecified atom stereocenters. The quantitative estimate of drug-likeness (QED) is 0.568. The number of rotatable bonds is 7.